The molecule has 0 radical (unpaired) electrons. The normalized spacial score (nSPS) is 23.7. The first kappa shape index (κ1) is 13.2. The summed E-state index contributed by atoms with van der Waals surface area (Å²) in [6.07, 6.45) is -3.51. The van der Waals surface area contributed by atoms with Gasteiger partial charge in [-0.25, -0.2) is 8.78 Å². The summed E-state index contributed by atoms with van der Waals surface area (Å²) in [5.74, 6) is -1.10. The van der Waals surface area contributed by atoms with Crippen LogP contribution in [0.4, 0.5) is 8.78 Å². The lowest BCUT2D eigenvalue weighted by molar-refractivity contribution is -0.164. The average Bonchev–Trinajstić information content (AvgIpc) is 2.82. The quantitative estimate of drug-likeness (QED) is 0.907. The molecule has 1 amide bonds. The first-order valence-electron chi connectivity index (χ1n) is 4.99. The van der Waals surface area contributed by atoms with Gasteiger partial charge in [-0.1, -0.05) is 0 Å². The molecule has 8 heteroatoms. The van der Waals surface area contributed by atoms with Crippen LogP contribution in [0.5, 0.6) is 0 Å². The van der Waals surface area contributed by atoms with Crippen LogP contribution in [0, 0.1) is 0 Å². The number of carbonyl (C=O) groups is 1. The van der Waals surface area contributed by atoms with E-state index in [1.54, 1.807) is 0 Å². The van der Waals surface area contributed by atoms with Crippen molar-refractivity contribution in [2.75, 3.05) is 0 Å². The Hall–Kier alpha value is -1.28. The fourth-order valence-electron chi connectivity index (χ4n) is 1.67. The number of hydrazone groups is 1. The van der Waals surface area contributed by atoms with Crippen molar-refractivity contribution in [2.24, 2.45) is 5.10 Å². The van der Waals surface area contributed by atoms with Crippen LogP contribution < -0.4 is 0 Å². The molecule has 1 aromatic heterocycles. The van der Waals surface area contributed by atoms with Gasteiger partial charge in [0.05, 0.1) is 0 Å². The van der Waals surface area contributed by atoms with Crippen LogP contribution in [0.3, 0.4) is 0 Å². The Labute approximate surface area is 109 Å². The van der Waals surface area contributed by atoms with Crippen molar-refractivity contribution in [3.8, 4) is 0 Å². The molecule has 0 fully saturated rings. The van der Waals surface area contributed by atoms with E-state index in [2.05, 4.69) is 21.0 Å². The van der Waals surface area contributed by atoms with E-state index in [4.69, 9.17) is 4.42 Å². The summed E-state index contributed by atoms with van der Waals surface area (Å²) in [5, 5.41) is 13.8. The molecule has 98 valence electrons. The van der Waals surface area contributed by atoms with E-state index in [0.717, 1.165) is 0 Å². The molecule has 1 N–H and O–H groups in total. The van der Waals surface area contributed by atoms with Crippen LogP contribution in [0.25, 0.3) is 0 Å². The third kappa shape index (κ3) is 2.05. The molecule has 1 atom stereocenters. The monoisotopic (exact) mass is 322 g/mol. The number of amides is 1. The predicted molar refractivity (Wildman–Crippen MR) is 61.3 cm³/mol. The molecule has 0 saturated heterocycles. The topological polar surface area (TPSA) is 66.0 Å². The van der Waals surface area contributed by atoms with Crippen LogP contribution in [0.1, 0.15) is 23.9 Å². The molecule has 0 aromatic carbocycles. The van der Waals surface area contributed by atoms with Gasteiger partial charge in [0.1, 0.15) is 0 Å². The van der Waals surface area contributed by atoms with Gasteiger partial charge < -0.3 is 9.52 Å². The minimum Gasteiger partial charge on any atom is -0.444 e. The van der Waals surface area contributed by atoms with E-state index in [-0.39, 0.29) is 16.1 Å². The Bertz CT molecular complexity index is 517. The number of hydrogen-bond donors (Lipinski definition) is 1. The molecule has 1 aliphatic rings. The van der Waals surface area contributed by atoms with Crippen LogP contribution >= 0.6 is 15.9 Å². The molecule has 0 aliphatic carbocycles. The maximum Gasteiger partial charge on any atom is 0.312 e. The van der Waals surface area contributed by atoms with Gasteiger partial charge in [-0.3, -0.25) is 4.79 Å². The van der Waals surface area contributed by atoms with Gasteiger partial charge in [-0.05, 0) is 35.0 Å². The lowest BCUT2D eigenvalue weighted by Crippen LogP contribution is -2.51. The summed E-state index contributed by atoms with van der Waals surface area (Å²) in [4.78, 5) is 11.9. The highest BCUT2D eigenvalue weighted by molar-refractivity contribution is 9.10. The minimum absolute atomic E-state index is 0.181. The molecule has 5 nitrogen and oxygen atoms in total. The van der Waals surface area contributed by atoms with Crippen molar-refractivity contribution in [1.82, 2.24) is 5.01 Å². The van der Waals surface area contributed by atoms with Gasteiger partial charge in [-0.15, -0.1) is 0 Å². The molecular weight excluding hydrogens is 314 g/mol. The Morgan fingerprint density at radius 2 is 2.33 bits per heavy atom. The Morgan fingerprint density at radius 3 is 2.83 bits per heavy atom. The molecule has 2 rings (SSSR count). The molecule has 1 aromatic rings. The smallest absolute Gasteiger partial charge is 0.312 e. The van der Waals surface area contributed by atoms with Gasteiger partial charge in [0, 0.05) is 12.1 Å². The number of furan rings is 1. The fourth-order valence-corrected chi connectivity index (χ4v) is 1.98. The molecule has 2 heterocycles. The largest absolute Gasteiger partial charge is 0.444 e. The third-order valence-corrected chi connectivity index (χ3v) is 2.91. The maximum absolute atomic E-state index is 12.9. The first-order chi connectivity index (χ1) is 8.34. The van der Waals surface area contributed by atoms with Crippen LogP contribution in [0.15, 0.2) is 26.3 Å². The summed E-state index contributed by atoms with van der Waals surface area (Å²) in [6.45, 7) is 1.46. The third-order valence-electron chi connectivity index (χ3n) is 2.48. The summed E-state index contributed by atoms with van der Waals surface area (Å²) >= 11 is 2.99. The summed E-state index contributed by atoms with van der Waals surface area (Å²) in [5.41, 5.74) is -2.36. The van der Waals surface area contributed by atoms with Crippen LogP contribution in [-0.2, 0) is 0 Å². The summed E-state index contributed by atoms with van der Waals surface area (Å²) in [6, 6.07) is 2.75. The van der Waals surface area contributed by atoms with E-state index in [1.807, 2.05) is 0 Å². The summed E-state index contributed by atoms with van der Waals surface area (Å²) < 4.78 is 31.0. The molecular formula is C10H9BrF2N2O3. The molecule has 1 aliphatic heterocycles. The number of aliphatic hydroxyl groups is 1. The van der Waals surface area contributed by atoms with Crippen molar-refractivity contribution in [3.05, 3.63) is 22.6 Å². The minimum atomic E-state index is -3.12. The highest BCUT2D eigenvalue weighted by Gasteiger charge is 2.51. The Kier molecular flexibility index (Phi) is 3.24. The van der Waals surface area contributed by atoms with Crippen LogP contribution in [-0.4, -0.2) is 33.9 Å². The summed E-state index contributed by atoms with van der Waals surface area (Å²) in [7, 11) is 0. The Balaban J connectivity index is 2.34. The second kappa shape index (κ2) is 4.43. The van der Waals surface area contributed by atoms with Crippen LogP contribution in [0.2, 0.25) is 0 Å². The molecule has 0 unspecified atom stereocenters. The molecule has 0 saturated carbocycles. The number of carbonyl (C=O) groups excluding carboxylic acids is 1. The van der Waals surface area contributed by atoms with Gasteiger partial charge in [0.2, 0.25) is 5.72 Å². The SMILES string of the molecule is CC1=NN(C(=O)c2ccc(Br)o2)[C@](O)(C(F)F)C1. The van der Waals surface area contributed by atoms with Gasteiger partial charge in [0.15, 0.2) is 10.4 Å². The number of hydrogen-bond acceptors (Lipinski definition) is 4. The number of nitrogens with zero attached hydrogens (tertiary/aromatic N) is 2. The highest BCUT2D eigenvalue weighted by atomic mass is 79.9. The van der Waals surface area contributed by atoms with Crippen molar-refractivity contribution in [2.45, 2.75) is 25.5 Å². The van der Waals surface area contributed by atoms with E-state index < -0.39 is 24.5 Å². The lowest BCUT2D eigenvalue weighted by Gasteiger charge is -2.29. The van der Waals surface area contributed by atoms with E-state index >= 15 is 0 Å². The Morgan fingerprint density at radius 1 is 1.67 bits per heavy atom. The van der Waals surface area contributed by atoms with Crippen molar-refractivity contribution >= 4 is 27.5 Å². The van der Waals surface area contributed by atoms with Gasteiger partial charge >= 0.3 is 5.91 Å². The standard InChI is InChI=1S/C10H9BrF2N2O3/c1-5-4-10(17,9(12)13)15(14-5)8(16)6-2-3-7(11)18-6/h2-3,9,17H,4H2,1H3/t10-/m1/s1. The second-order valence-electron chi connectivity index (χ2n) is 3.91. The number of rotatable bonds is 2. The lowest BCUT2D eigenvalue weighted by atomic mass is 10.1. The van der Waals surface area contributed by atoms with E-state index in [1.165, 1.54) is 19.1 Å². The highest BCUT2D eigenvalue weighted by Crippen LogP contribution is 2.33. The molecule has 0 spiro atoms. The van der Waals surface area contributed by atoms with E-state index in [9.17, 15) is 18.7 Å². The molecule has 18 heavy (non-hydrogen) atoms. The second-order valence-corrected chi connectivity index (χ2v) is 4.69. The zero-order valence-electron chi connectivity index (χ0n) is 9.23. The first-order valence-corrected chi connectivity index (χ1v) is 5.78. The molecule has 0 bridgehead atoms. The zero-order valence-corrected chi connectivity index (χ0v) is 10.8. The number of halogens is 3. The fraction of sp³-hybridized carbons (Fsp3) is 0.400. The maximum atomic E-state index is 12.9. The predicted octanol–water partition coefficient (Wildman–Crippen LogP) is 2.22. The van der Waals surface area contributed by atoms with Gasteiger partial charge in [0.25, 0.3) is 6.43 Å². The van der Waals surface area contributed by atoms with Crippen molar-refractivity contribution < 1.29 is 23.1 Å². The van der Waals surface area contributed by atoms with Gasteiger partial charge in [-0.2, -0.15) is 10.1 Å². The van der Waals surface area contributed by atoms with E-state index in [0.29, 0.717) is 5.01 Å². The van der Waals surface area contributed by atoms with Crippen molar-refractivity contribution in [1.29, 1.82) is 0 Å². The van der Waals surface area contributed by atoms with Crippen molar-refractivity contribution in [3.63, 3.8) is 0 Å². The zero-order chi connectivity index (χ0) is 13.5. The average molecular weight is 323 g/mol. The number of alkyl halides is 2.